The first-order chi connectivity index (χ1) is 6.94. The molecule has 0 saturated carbocycles. The van der Waals surface area contributed by atoms with Gasteiger partial charge in [0.2, 0.25) is 0 Å². The van der Waals surface area contributed by atoms with Crippen molar-refractivity contribution in [2.75, 3.05) is 6.61 Å². The van der Waals surface area contributed by atoms with Crippen LogP contribution in [0.3, 0.4) is 0 Å². The Bertz CT molecular complexity index is 247. The van der Waals surface area contributed by atoms with E-state index in [0.29, 0.717) is 0 Å². The molecule has 6 nitrogen and oxygen atoms in total. The van der Waals surface area contributed by atoms with Crippen LogP contribution in [0.1, 0.15) is 0 Å². The molecule has 0 spiro atoms. The third kappa shape index (κ3) is 2.17. The van der Waals surface area contributed by atoms with Gasteiger partial charge < -0.3 is 0 Å². The van der Waals surface area contributed by atoms with Crippen molar-refractivity contribution in [2.24, 2.45) is 0 Å². The number of hydrogen-bond acceptors (Lipinski definition) is 6. The second-order valence-electron chi connectivity index (χ2n) is 4.30. The maximum absolute atomic E-state index is 9.82. The Balaban J connectivity index is 2.16. The van der Waals surface area contributed by atoms with Gasteiger partial charge in [-0.1, -0.05) is 0 Å². The summed E-state index contributed by atoms with van der Waals surface area (Å²) in [5, 5.41) is 28.4. The van der Waals surface area contributed by atoms with Crippen LogP contribution in [-0.4, -0.2) is 71.8 Å². The Labute approximate surface area is 92.7 Å². The van der Waals surface area contributed by atoms with E-state index in [1.807, 2.05) is 9.88 Å². The summed E-state index contributed by atoms with van der Waals surface area (Å²) in [6.07, 6.45) is -4.06. The summed E-state index contributed by atoms with van der Waals surface area (Å²) in [4.78, 5) is 3.81. The van der Waals surface area contributed by atoms with Crippen molar-refractivity contribution >= 4 is 19.2 Å². The minimum absolute atomic E-state index is 0.346. The molecular formula is C8H16O6Sn. The number of fused-ring (bicyclic) bond motifs is 1. The first kappa shape index (κ1) is 12.0. The number of aliphatic hydroxyl groups excluding tert-OH is 3. The average molecular weight is 327 g/mol. The predicted molar refractivity (Wildman–Crippen MR) is 51.2 cm³/mol. The molecule has 0 amide bonds. The van der Waals surface area contributed by atoms with Gasteiger partial charge in [0.05, 0.1) is 0 Å². The fourth-order valence-electron chi connectivity index (χ4n) is 2.00. The Morgan fingerprint density at radius 1 is 1.13 bits per heavy atom. The Kier molecular flexibility index (Phi) is 3.29. The summed E-state index contributed by atoms with van der Waals surface area (Å²) in [7, 11) is 0. The van der Waals surface area contributed by atoms with Crippen LogP contribution in [-0.2, 0) is 10.9 Å². The van der Waals surface area contributed by atoms with Gasteiger partial charge in [-0.15, -0.1) is 0 Å². The zero-order chi connectivity index (χ0) is 11.2. The molecule has 2 fully saturated rings. The molecule has 0 bridgehead atoms. The topological polar surface area (TPSA) is 88.4 Å². The second-order valence-corrected chi connectivity index (χ2v) is 13.6. The van der Waals surface area contributed by atoms with Crippen LogP contribution in [0.2, 0.25) is 9.88 Å². The van der Waals surface area contributed by atoms with Crippen LogP contribution in [0.25, 0.3) is 0 Å². The van der Waals surface area contributed by atoms with Gasteiger partial charge in [-0.05, 0) is 0 Å². The molecule has 2 aliphatic heterocycles. The van der Waals surface area contributed by atoms with E-state index in [9.17, 15) is 10.2 Å². The van der Waals surface area contributed by atoms with Crippen molar-refractivity contribution in [3.05, 3.63) is 0 Å². The van der Waals surface area contributed by atoms with Crippen molar-refractivity contribution in [2.45, 2.75) is 40.6 Å². The van der Waals surface area contributed by atoms with E-state index in [1.54, 1.807) is 0 Å². The molecule has 15 heavy (non-hydrogen) atoms. The van der Waals surface area contributed by atoms with E-state index in [4.69, 9.17) is 16.0 Å². The summed E-state index contributed by atoms with van der Waals surface area (Å²) in [5.74, 6) is 0. The molecule has 3 N–H and O–H groups in total. The van der Waals surface area contributed by atoms with Crippen molar-refractivity contribution in [3.63, 3.8) is 0 Å². The molecular weight excluding hydrogens is 311 g/mol. The molecule has 0 aromatic heterocycles. The monoisotopic (exact) mass is 328 g/mol. The van der Waals surface area contributed by atoms with Gasteiger partial charge in [-0.2, -0.15) is 0 Å². The van der Waals surface area contributed by atoms with Gasteiger partial charge in [0.25, 0.3) is 0 Å². The van der Waals surface area contributed by atoms with E-state index < -0.39 is 49.9 Å². The van der Waals surface area contributed by atoms with Crippen LogP contribution in [0.4, 0.5) is 0 Å². The summed E-state index contributed by atoms with van der Waals surface area (Å²) in [6.45, 7) is -0.346. The van der Waals surface area contributed by atoms with Crippen molar-refractivity contribution in [1.29, 1.82) is 0 Å². The van der Waals surface area contributed by atoms with E-state index in [0.717, 1.165) is 0 Å². The zero-order valence-electron chi connectivity index (χ0n) is 8.66. The van der Waals surface area contributed by atoms with Gasteiger partial charge in [0.15, 0.2) is 0 Å². The van der Waals surface area contributed by atoms with Crippen LogP contribution < -0.4 is 0 Å². The van der Waals surface area contributed by atoms with Gasteiger partial charge in [-0.3, -0.25) is 0 Å². The Hall–Kier alpha value is 0.559. The quantitative estimate of drug-likeness (QED) is 0.511. The fraction of sp³-hybridized carbons (Fsp3) is 1.00. The van der Waals surface area contributed by atoms with Gasteiger partial charge >= 0.3 is 92.6 Å². The molecule has 0 aromatic carbocycles. The SMILES string of the molecule is [CH3][Sn]1([CH3])[O]C2C(O)OC(CO)C(O)C2[O]1. The predicted octanol–water partition coefficient (Wildman–Crippen LogP) is -1.46. The van der Waals surface area contributed by atoms with Crippen molar-refractivity contribution in [3.8, 4) is 0 Å². The second kappa shape index (κ2) is 4.10. The molecule has 7 heteroatoms. The van der Waals surface area contributed by atoms with E-state index >= 15 is 0 Å². The van der Waals surface area contributed by atoms with Crippen LogP contribution >= 0.6 is 0 Å². The van der Waals surface area contributed by atoms with Gasteiger partial charge in [0.1, 0.15) is 0 Å². The standard InChI is InChI=1S/C6H10O6.2CH3.Sn/c7-1-2-3(8)4(9)5(10)6(11)12-2;;;/h2-8,11H,1H2;2*1H3;/q-2;;;+2. The van der Waals surface area contributed by atoms with Crippen LogP contribution in [0, 0.1) is 0 Å². The fourth-order valence-corrected chi connectivity index (χ4v) is 7.40. The number of aliphatic hydroxyl groups is 3. The summed E-state index contributed by atoms with van der Waals surface area (Å²) < 4.78 is 16.3. The number of rotatable bonds is 1. The molecule has 0 radical (unpaired) electrons. The molecule has 2 heterocycles. The van der Waals surface area contributed by atoms with Crippen LogP contribution in [0.5, 0.6) is 0 Å². The molecule has 5 unspecified atom stereocenters. The average Bonchev–Trinajstić information content (AvgIpc) is 2.48. The minimum atomic E-state index is -3.00. The van der Waals surface area contributed by atoms with Gasteiger partial charge in [0, 0.05) is 0 Å². The van der Waals surface area contributed by atoms with E-state index in [2.05, 4.69) is 0 Å². The summed E-state index contributed by atoms with van der Waals surface area (Å²) in [6, 6.07) is 0. The molecule has 2 aliphatic rings. The first-order valence-electron chi connectivity index (χ1n) is 4.93. The summed E-state index contributed by atoms with van der Waals surface area (Å²) >= 11 is -3.00. The molecule has 88 valence electrons. The molecule has 2 rings (SSSR count). The summed E-state index contributed by atoms with van der Waals surface area (Å²) in [5.41, 5.74) is 0. The molecule has 0 aliphatic carbocycles. The normalized spacial score (nSPS) is 49.0. The van der Waals surface area contributed by atoms with E-state index in [-0.39, 0.29) is 6.61 Å². The van der Waals surface area contributed by atoms with Crippen molar-refractivity contribution in [1.82, 2.24) is 0 Å². The van der Waals surface area contributed by atoms with Crippen LogP contribution in [0.15, 0.2) is 0 Å². The maximum atomic E-state index is 9.82. The number of ether oxygens (including phenoxy) is 1. The molecule has 0 aromatic rings. The van der Waals surface area contributed by atoms with Gasteiger partial charge in [-0.25, -0.2) is 0 Å². The first-order valence-corrected chi connectivity index (χ1v) is 13.0. The third-order valence-corrected chi connectivity index (χ3v) is 7.45. The number of hydrogen-bond donors (Lipinski definition) is 3. The zero-order valence-corrected chi connectivity index (χ0v) is 11.5. The van der Waals surface area contributed by atoms with E-state index in [1.165, 1.54) is 0 Å². The Morgan fingerprint density at radius 3 is 2.33 bits per heavy atom. The molecule has 2 saturated heterocycles. The van der Waals surface area contributed by atoms with Crippen molar-refractivity contribution < 1.29 is 26.2 Å². The molecule has 5 atom stereocenters. The Morgan fingerprint density at radius 2 is 1.73 bits per heavy atom. The third-order valence-electron chi connectivity index (χ3n) is 2.66.